The van der Waals surface area contributed by atoms with Gasteiger partial charge in [-0.15, -0.1) is 0 Å². The molecule has 1 aromatic carbocycles. The molecule has 0 atom stereocenters. The number of nitrogens with zero attached hydrogens (tertiary/aromatic N) is 2. The molecule has 0 saturated carbocycles. The minimum atomic E-state index is -3.26. The number of unbranched alkanes of at least 4 members (excludes halogenated alkanes) is 3. The summed E-state index contributed by atoms with van der Waals surface area (Å²) in [4.78, 5) is 4.87. The Hall–Kier alpha value is -1.40. The molecule has 6 heteroatoms. The van der Waals surface area contributed by atoms with Gasteiger partial charge in [0, 0.05) is 19.7 Å². The van der Waals surface area contributed by atoms with Crippen LogP contribution in [0.15, 0.2) is 23.1 Å². The number of para-hydroxylation sites is 1. The number of rotatable bonds is 7. The number of benzene rings is 1. The monoisotopic (exact) mass is 309 g/mol. The zero-order chi connectivity index (χ0) is 15.5. The van der Waals surface area contributed by atoms with E-state index in [0.29, 0.717) is 10.4 Å². The van der Waals surface area contributed by atoms with Gasteiger partial charge in [0.1, 0.15) is 11.3 Å². The van der Waals surface area contributed by atoms with Crippen LogP contribution in [-0.2, 0) is 23.3 Å². The van der Waals surface area contributed by atoms with E-state index in [1.807, 2.05) is 17.7 Å². The average Bonchev–Trinajstić information content (AvgIpc) is 2.74. The van der Waals surface area contributed by atoms with E-state index < -0.39 is 9.84 Å². The van der Waals surface area contributed by atoms with Crippen molar-refractivity contribution >= 4 is 20.9 Å². The SMILES string of the molecule is Cn1c(CCCCCCN)nc2c(S(C)(=O)=O)cccc21. The fourth-order valence-electron chi connectivity index (χ4n) is 2.54. The molecule has 1 heterocycles. The minimum absolute atomic E-state index is 0.310. The molecule has 116 valence electrons. The number of aromatic nitrogens is 2. The molecule has 0 saturated heterocycles. The molecule has 1 aromatic heterocycles. The molecule has 21 heavy (non-hydrogen) atoms. The summed E-state index contributed by atoms with van der Waals surface area (Å²) in [5, 5.41) is 0. The van der Waals surface area contributed by atoms with E-state index in [0.717, 1.165) is 50.0 Å². The predicted octanol–water partition coefficient (Wildman–Crippen LogP) is 2.04. The highest BCUT2D eigenvalue weighted by Gasteiger charge is 2.16. The van der Waals surface area contributed by atoms with E-state index >= 15 is 0 Å². The van der Waals surface area contributed by atoms with Crippen LogP contribution in [0.2, 0.25) is 0 Å². The molecule has 0 aliphatic heterocycles. The van der Waals surface area contributed by atoms with Crippen LogP contribution in [0.5, 0.6) is 0 Å². The van der Waals surface area contributed by atoms with Crippen LogP contribution in [0.4, 0.5) is 0 Å². The van der Waals surface area contributed by atoms with Crippen LogP contribution in [0.25, 0.3) is 11.0 Å². The number of hydrogen-bond donors (Lipinski definition) is 1. The van der Waals surface area contributed by atoms with Crippen molar-refractivity contribution in [2.24, 2.45) is 12.8 Å². The first-order chi connectivity index (χ1) is 9.95. The first kappa shape index (κ1) is 16.0. The van der Waals surface area contributed by atoms with Gasteiger partial charge < -0.3 is 10.3 Å². The molecule has 0 amide bonds. The van der Waals surface area contributed by atoms with Crippen LogP contribution >= 0.6 is 0 Å². The molecular formula is C15H23N3O2S. The van der Waals surface area contributed by atoms with Crippen molar-refractivity contribution in [3.8, 4) is 0 Å². The highest BCUT2D eigenvalue weighted by Crippen LogP contribution is 2.23. The van der Waals surface area contributed by atoms with Gasteiger partial charge in [0.05, 0.1) is 10.4 Å². The van der Waals surface area contributed by atoms with E-state index in [1.165, 1.54) is 6.26 Å². The summed E-state index contributed by atoms with van der Waals surface area (Å²) in [6.07, 6.45) is 6.45. The molecular weight excluding hydrogens is 286 g/mol. The van der Waals surface area contributed by atoms with E-state index in [9.17, 15) is 8.42 Å². The second-order valence-electron chi connectivity index (χ2n) is 5.44. The Labute approximate surface area is 126 Å². The van der Waals surface area contributed by atoms with Crippen molar-refractivity contribution in [3.05, 3.63) is 24.0 Å². The van der Waals surface area contributed by atoms with E-state index in [2.05, 4.69) is 4.98 Å². The topological polar surface area (TPSA) is 78.0 Å². The fraction of sp³-hybridized carbons (Fsp3) is 0.533. The van der Waals surface area contributed by atoms with Gasteiger partial charge in [-0.25, -0.2) is 13.4 Å². The molecule has 2 rings (SSSR count). The Bertz CT molecular complexity index is 720. The van der Waals surface area contributed by atoms with Gasteiger partial charge in [0.15, 0.2) is 9.84 Å². The van der Waals surface area contributed by atoms with Crippen LogP contribution in [0.1, 0.15) is 31.5 Å². The molecule has 0 spiro atoms. The van der Waals surface area contributed by atoms with Crippen LogP contribution in [0.3, 0.4) is 0 Å². The summed E-state index contributed by atoms with van der Waals surface area (Å²) >= 11 is 0. The number of nitrogens with two attached hydrogens (primary N) is 1. The summed E-state index contributed by atoms with van der Waals surface area (Å²) in [6, 6.07) is 5.30. The first-order valence-electron chi connectivity index (χ1n) is 7.29. The predicted molar refractivity (Wildman–Crippen MR) is 85.1 cm³/mol. The van der Waals surface area contributed by atoms with Crippen molar-refractivity contribution in [3.63, 3.8) is 0 Å². The molecule has 0 unspecified atom stereocenters. The highest BCUT2D eigenvalue weighted by atomic mass is 32.2. The Kier molecular flexibility index (Phi) is 5.00. The number of sulfone groups is 1. The molecule has 5 nitrogen and oxygen atoms in total. The summed E-state index contributed by atoms with van der Waals surface area (Å²) in [6.45, 7) is 0.740. The van der Waals surface area contributed by atoms with E-state index in [-0.39, 0.29) is 0 Å². The van der Waals surface area contributed by atoms with Crippen molar-refractivity contribution in [1.82, 2.24) is 9.55 Å². The van der Waals surface area contributed by atoms with Gasteiger partial charge in [-0.2, -0.15) is 0 Å². The third-order valence-corrected chi connectivity index (χ3v) is 4.85. The summed E-state index contributed by atoms with van der Waals surface area (Å²) in [7, 11) is -1.31. The number of aryl methyl sites for hydroxylation is 2. The minimum Gasteiger partial charge on any atom is -0.331 e. The number of hydrogen-bond acceptors (Lipinski definition) is 4. The molecule has 2 aromatic rings. The zero-order valence-corrected chi connectivity index (χ0v) is 13.5. The lowest BCUT2D eigenvalue weighted by molar-refractivity contribution is 0.602. The van der Waals surface area contributed by atoms with Gasteiger partial charge in [0.2, 0.25) is 0 Å². The summed E-state index contributed by atoms with van der Waals surface area (Å²) < 4.78 is 25.7. The standard InChI is InChI=1S/C15H23N3O2S/c1-18-12-8-7-9-13(21(2,19)20)15(12)17-14(18)10-5-3-4-6-11-16/h7-9H,3-6,10-11,16H2,1-2H3. The molecule has 0 aliphatic rings. The van der Waals surface area contributed by atoms with Gasteiger partial charge in [-0.1, -0.05) is 18.9 Å². The second kappa shape index (κ2) is 6.58. The van der Waals surface area contributed by atoms with E-state index in [1.54, 1.807) is 12.1 Å². The van der Waals surface area contributed by atoms with Crippen LogP contribution < -0.4 is 5.73 Å². The second-order valence-corrected chi connectivity index (χ2v) is 7.42. The summed E-state index contributed by atoms with van der Waals surface area (Å²) in [5.74, 6) is 0.939. The van der Waals surface area contributed by atoms with Crippen molar-refractivity contribution < 1.29 is 8.42 Å². The lowest BCUT2D eigenvalue weighted by Crippen LogP contribution is -2.00. The quantitative estimate of drug-likeness (QED) is 0.794. The summed E-state index contributed by atoms with van der Waals surface area (Å²) in [5.41, 5.74) is 6.93. The Morgan fingerprint density at radius 2 is 1.90 bits per heavy atom. The zero-order valence-electron chi connectivity index (χ0n) is 12.7. The molecule has 0 radical (unpaired) electrons. The van der Waals surface area contributed by atoms with Gasteiger partial charge in [0.25, 0.3) is 0 Å². The van der Waals surface area contributed by atoms with Crippen LogP contribution in [-0.4, -0.2) is 30.8 Å². The average molecular weight is 309 g/mol. The molecule has 2 N–H and O–H groups in total. The fourth-order valence-corrected chi connectivity index (χ4v) is 3.37. The molecule has 0 aliphatic carbocycles. The Morgan fingerprint density at radius 3 is 2.57 bits per heavy atom. The lowest BCUT2D eigenvalue weighted by atomic mass is 10.1. The first-order valence-corrected chi connectivity index (χ1v) is 9.18. The van der Waals surface area contributed by atoms with Crippen molar-refractivity contribution in [2.45, 2.75) is 37.0 Å². The van der Waals surface area contributed by atoms with Crippen molar-refractivity contribution in [1.29, 1.82) is 0 Å². The van der Waals surface area contributed by atoms with E-state index in [4.69, 9.17) is 5.73 Å². The third-order valence-electron chi connectivity index (χ3n) is 3.72. The normalized spacial score (nSPS) is 12.1. The van der Waals surface area contributed by atoms with Gasteiger partial charge >= 0.3 is 0 Å². The largest absolute Gasteiger partial charge is 0.331 e. The van der Waals surface area contributed by atoms with Crippen LogP contribution in [0, 0.1) is 0 Å². The van der Waals surface area contributed by atoms with Gasteiger partial charge in [-0.05, 0) is 31.5 Å². The smallest absolute Gasteiger partial charge is 0.177 e. The maximum Gasteiger partial charge on any atom is 0.177 e. The Morgan fingerprint density at radius 1 is 1.19 bits per heavy atom. The third kappa shape index (κ3) is 3.63. The highest BCUT2D eigenvalue weighted by molar-refractivity contribution is 7.91. The number of imidazole rings is 1. The van der Waals surface area contributed by atoms with Gasteiger partial charge in [-0.3, -0.25) is 0 Å². The lowest BCUT2D eigenvalue weighted by Gasteiger charge is -2.02. The molecule has 0 bridgehead atoms. The van der Waals surface area contributed by atoms with Crippen molar-refractivity contribution in [2.75, 3.05) is 12.8 Å². The number of fused-ring (bicyclic) bond motifs is 1. The maximum atomic E-state index is 11.8. The molecule has 0 fully saturated rings. The Balaban J connectivity index is 2.25. The maximum absolute atomic E-state index is 11.8.